The van der Waals surface area contributed by atoms with Crippen LogP contribution in [-0.2, 0) is 17.8 Å². The molecule has 1 aliphatic rings. The number of aromatic nitrogens is 4. The molecule has 0 bridgehead atoms. The van der Waals surface area contributed by atoms with Crippen molar-refractivity contribution in [2.75, 3.05) is 12.3 Å². The highest BCUT2D eigenvalue weighted by atomic mass is 32.2. The number of alkyl halides is 2. The van der Waals surface area contributed by atoms with Gasteiger partial charge in [0.05, 0.1) is 6.04 Å². The van der Waals surface area contributed by atoms with Gasteiger partial charge in [-0.25, -0.2) is 13.5 Å². The average molecular weight is 438 g/mol. The number of thioether (sulfide) groups is 1. The van der Waals surface area contributed by atoms with E-state index in [0.717, 1.165) is 29.8 Å². The third kappa shape index (κ3) is 5.56. The first-order valence-corrected chi connectivity index (χ1v) is 10.8. The third-order valence-electron chi connectivity index (χ3n) is 5.04. The van der Waals surface area contributed by atoms with Crippen molar-refractivity contribution in [2.45, 2.75) is 49.2 Å². The van der Waals surface area contributed by atoms with Gasteiger partial charge >= 0.3 is 0 Å². The van der Waals surface area contributed by atoms with Gasteiger partial charge in [-0.2, -0.15) is 0 Å². The summed E-state index contributed by atoms with van der Waals surface area (Å²) in [5.41, 5.74) is -0.0935. The fraction of sp³-hybridized carbons (Fsp3) is 0.500. The van der Waals surface area contributed by atoms with E-state index in [0.29, 0.717) is 19.4 Å². The molecule has 1 atom stereocenters. The average Bonchev–Trinajstić information content (AvgIpc) is 3.32. The van der Waals surface area contributed by atoms with Gasteiger partial charge in [0, 0.05) is 37.8 Å². The summed E-state index contributed by atoms with van der Waals surface area (Å²) in [7, 11) is 1.77. The highest BCUT2D eigenvalue weighted by Gasteiger charge is 2.35. The van der Waals surface area contributed by atoms with Crippen molar-refractivity contribution in [3.05, 3.63) is 47.7 Å². The molecule has 162 valence electrons. The molecule has 1 aromatic heterocycles. The number of hydrogen-bond donors (Lipinski definition) is 1. The van der Waals surface area contributed by atoms with E-state index in [9.17, 15) is 18.7 Å². The van der Waals surface area contributed by atoms with E-state index in [1.807, 2.05) is 0 Å². The van der Waals surface area contributed by atoms with E-state index in [1.165, 1.54) is 23.9 Å². The van der Waals surface area contributed by atoms with Crippen LogP contribution in [0.1, 0.15) is 37.7 Å². The van der Waals surface area contributed by atoms with Crippen LogP contribution in [0.5, 0.6) is 0 Å². The number of tetrazole rings is 1. The maximum Gasteiger partial charge on any atom is 0.276 e. The summed E-state index contributed by atoms with van der Waals surface area (Å²) in [4.78, 5) is 13.8. The predicted molar refractivity (Wildman–Crippen MR) is 109 cm³/mol. The minimum absolute atomic E-state index is 0.0556. The van der Waals surface area contributed by atoms with Gasteiger partial charge in [-0.15, -0.1) is 5.10 Å². The zero-order valence-corrected chi connectivity index (χ0v) is 17.6. The van der Waals surface area contributed by atoms with E-state index >= 15 is 0 Å². The molecule has 2 aromatic rings. The molecule has 2 heterocycles. The topological polar surface area (TPSA) is 84.1 Å². The fourth-order valence-corrected chi connectivity index (χ4v) is 4.23. The standard InChI is InChI=1S/C20H25F2N5O2S/c1-26-19(23-24-25-26)30-14-6-5-13-27-16(9-10-18(27)29)17(28)11-12-20(21,22)15-7-3-2-4-8-15/h2-4,7-8,11,16,28H,5-6,9-10,12-14H2,1H3/t16-/m1/s1. The van der Waals surface area contributed by atoms with Gasteiger partial charge in [0.1, 0.15) is 5.76 Å². The van der Waals surface area contributed by atoms with Crippen molar-refractivity contribution in [3.8, 4) is 0 Å². The van der Waals surface area contributed by atoms with Crippen molar-refractivity contribution in [1.29, 1.82) is 0 Å². The zero-order valence-electron chi connectivity index (χ0n) is 16.7. The monoisotopic (exact) mass is 437 g/mol. The van der Waals surface area contributed by atoms with Crippen molar-refractivity contribution >= 4 is 17.7 Å². The molecule has 30 heavy (non-hydrogen) atoms. The Hall–Kier alpha value is -2.49. The molecule has 1 saturated heterocycles. The number of aryl methyl sites for hydroxylation is 1. The van der Waals surface area contributed by atoms with Crippen molar-refractivity contribution < 1.29 is 18.7 Å². The summed E-state index contributed by atoms with van der Waals surface area (Å²) in [6, 6.07) is 7.00. The van der Waals surface area contributed by atoms with Gasteiger partial charge < -0.3 is 10.0 Å². The van der Waals surface area contributed by atoms with Crippen LogP contribution in [-0.4, -0.2) is 54.5 Å². The Balaban J connectivity index is 1.50. The maximum absolute atomic E-state index is 14.4. The molecule has 1 amide bonds. The van der Waals surface area contributed by atoms with Crippen molar-refractivity contribution in [2.24, 2.45) is 7.05 Å². The highest BCUT2D eigenvalue weighted by Crippen LogP contribution is 2.33. The zero-order chi connectivity index (χ0) is 21.6. The Bertz CT molecular complexity index is 875. The van der Waals surface area contributed by atoms with E-state index in [1.54, 1.807) is 34.8 Å². The summed E-state index contributed by atoms with van der Waals surface area (Å²) in [6.45, 7) is 0.480. The number of amides is 1. The molecule has 1 N–H and O–H groups in total. The van der Waals surface area contributed by atoms with Gasteiger partial charge in [-0.3, -0.25) is 4.79 Å². The number of likely N-dealkylation sites (tertiary alicyclic amines) is 1. The van der Waals surface area contributed by atoms with Crippen LogP contribution in [0.3, 0.4) is 0 Å². The van der Waals surface area contributed by atoms with Crippen LogP contribution < -0.4 is 0 Å². The summed E-state index contributed by atoms with van der Waals surface area (Å²) in [5.74, 6) is -2.49. The second-order valence-corrected chi connectivity index (χ2v) is 8.25. The predicted octanol–water partition coefficient (Wildman–Crippen LogP) is 3.70. The highest BCUT2D eigenvalue weighted by molar-refractivity contribution is 7.99. The Morgan fingerprint density at radius 1 is 1.33 bits per heavy atom. The number of hydrogen-bond acceptors (Lipinski definition) is 6. The second-order valence-electron chi connectivity index (χ2n) is 7.19. The van der Waals surface area contributed by atoms with Gasteiger partial charge in [0.2, 0.25) is 11.1 Å². The lowest BCUT2D eigenvalue weighted by atomic mass is 10.0. The van der Waals surface area contributed by atoms with E-state index < -0.39 is 18.4 Å². The number of allylic oxidation sites excluding steroid dienone is 1. The lowest BCUT2D eigenvalue weighted by Gasteiger charge is -2.25. The second kappa shape index (κ2) is 10.0. The van der Waals surface area contributed by atoms with Crippen molar-refractivity contribution in [1.82, 2.24) is 25.1 Å². The van der Waals surface area contributed by atoms with E-state index in [2.05, 4.69) is 15.5 Å². The molecule has 1 aromatic carbocycles. The Labute approximate surface area is 178 Å². The third-order valence-corrected chi connectivity index (χ3v) is 6.14. The molecule has 10 heteroatoms. The van der Waals surface area contributed by atoms with Crippen LogP contribution in [0, 0.1) is 0 Å². The number of rotatable bonds is 10. The summed E-state index contributed by atoms with van der Waals surface area (Å²) in [6.07, 6.45) is 2.89. The minimum atomic E-state index is -3.07. The fourth-order valence-electron chi connectivity index (χ4n) is 3.38. The van der Waals surface area contributed by atoms with Crippen LogP contribution in [0.2, 0.25) is 0 Å². The summed E-state index contributed by atoms with van der Waals surface area (Å²) in [5, 5.41) is 22.4. The number of carbonyl (C=O) groups is 1. The maximum atomic E-state index is 14.4. The summed E-state index contributed by atoms with van der Waals surface area (Å²) < 4.78 is 30.3. The number of benzene rings is 1. The normalized spacial score (nSPS) is 17.7. The van der Waals surface area contributed by atoms with Gasteiger partial charge in [-0.05, 0) is 35.8 Å². The molecule has 0 aliphatic carbocycles. The molecule has 0 spiro atoms. The van der Waals surface area contributed by atoms with Crippen molar-refractivity contribution in [3.63, 3.8) is 0 Å². The van der Waals surface area contributed by atoms with Crippen LogP contribution in [0.15, 0.2) is 47.3 Å². The number of aliphatic hydroxyl groups is 1. The van der Waals surface area contributed by atoms with Crippen LogP contribution in [0.25, 0.3) is 0 Å². The number of unbranched alkanes of at least 4 members (excludes halogenated alkanes) is 1. The van der Waals surface area contributed by atoms with E-state index in [4.69, 9.17) is 0 Å². The SMILES string of the molecule is Cn1nnnc1SCCCCN1C(=O)CC[C@@H]1C(O)=CCC(F)(F)c1ccccc1. The first-order chi connectivity index (χ1) is 14.4. The number of halogens is 2. The first kappa shape index (κ1) is 22.2. The molecule has 0 saturated carbocycles. The van der Waals surface area contributed by atoms with E-state index in [-0.39, 0.29) is 17.2 Å². The van der Waals surface area contributed by atoms with Gasteiger partial charge in [-0.1, -0.05) is 42.1 Å². The number of nitrogens with zero attached hydrogens (tertiary/aromatic N) is 5. The lowest BCUT2D eigenvalue weighted by Crippen LogP contribution is -2.35. The molecule has 0 unspecified atom stereocenters. The van der Waals surface area contributed by atoms with Crippen LogP contribution >= 0.6 is 11.8 Å². The molecule has 0 radical (unpaired) electrons. The van der Waals surface area contributed by atoms with Crippen LogP contribution in [0.4, 0.5) is 8.78 Å². The Kier molecular flexibility index (Phi) is 7.41. The minimum Gasteiger partial charge on any atom is -0.510 e. The number of carbonyl (C=O) groups excluding carboxylic acids is 1. The Morgan fingerprint density at radius 2 is 2.10 bits per heavy atom. The lowest BCUT2D eigenvalue weighted by molar-refractivity contribution is -0.128. The number of aliphatic hydroxyl groups excluding tert-OH is 1. The molecular weight excluding hydrogens is 412 g/mol. The first-order valence-electron chi connectivity index (χ1n) is 9.85. The molecular formula is C20H25F2N5O2S. The molecule has 1 fully saturated rings. The smallest absolute Gasteiger partial charge is 0.276 e. The molecule has 7 nitrogen and oxygen atoms in total. The molecule has 3 rings (SSSR count). The van der Waals surface area contributed by atoms with Gasteiger partial charge in [0.25, 0.3) is 5.92 Å². The van der Waals surface area contributed by atoms with Gasteiger partial charge in [0.15, 0.2) is 0 Å². The largest absolute Gasteiger partial charge is 0.510 e. The summed E-state index contributed by atoms with van der Waals surface area (Å²) >= 11 is 1.53. The quantitative estimate of drug-likeness (QED) is 0.347. The molecule has 1 aliphatic heterocycles. The Morgan fingerprint density at radius 3 is 2.80 bits per heavy atom.